The lowest BCUT2D eigenvalue weighted by atomic mass is 9.94. The SMILES string of the molecule is OC[C@H]1[C@@H](O)[C@H](O)[C@@H](O)CN1CCCCCOCc1ccc(-c2ccccc2F)cc1. The first kappa shape index (κ1) is 23.8. The van der Waals surface area contributed by atoms with Crippen LogP contribution in [-0.2, 0) is 11.3 Å². The van der Waals surface area contributed by atoms with Crippen molar-refractivity contribution in [2.75, 3.05) is 26.3 Å². The molecule has 0 unspecified atom stereocenters. The molecule has 4 N–H and O–H groups in total. The molecule has 2 aromatic rings. The third kappa shape index (κ3) is 6.32. The van der Waals surface area contributed by atoms with Crippen LogP contribution in [0.15, 0.2) is 48.5 Å². The molecule has 0 aliphatic carbocycles. The molecule has 3 rings (SSSR count). The average Bonchev–Trinajstić information content (AvgIpc) is 2.78. The number of unbranched alkanes of at least 4 members (excludes halogenated alkanes) is 2. The molecule has 1 saturated heterocycles. The zero-order chi connectivity index (χ0) is 22.2. The minimum absolute atomic E-state index is 0.235. The van der Waals surface area contributed by atoms with E-state index >= 15 is 0 Å². The van der Waals surface area contributed by atoms with Crippen LogP contribution in [0.25, 0.3) is 11.1 Å². The molecule has 1 aliphatic rings. The monoisotopic (exact) mass is 433 g/mol. The predicted molar refractivity (Wildman–Crippen MR) is 116 cm³/mol. The number of hydrogen-bond acceptors (Lipinski definition) is 6. The van der Waals surface area contributed by atoms with E-state index in [1.54, 1.807) is 12.1 Å². The Morgan fingerprint density at radius 2 is 1.68 bits per heavy atom. The van der Waals surface area contributed by atoms with Crippen molar-refractivity contribution in [3.63, 3.8) is 0 Å². The van der Waals surface area contributed by atoms with E-state index in [1.165, 1.54) is 6.07 Å². The first-order valence-corrected chi connectivity index (χ1v) is 10.8. The van der Waals surface area contributed by atoms with Crippen LogP contribution in [0.1, 0.15) is 24.8 Å². The molecule has 2 aromatic carbocycles. The van der Waals surface area contributed by atoms with Crippen LogP contribution in [0.2, 0.25) is 0 Å². The third-order valence-electron chi connectivity index (χ3n) is 5.86. The largest absolute Gasteiger partial charge is 0.395 e. The van der Waals surface area contributed by atoms with Gasteiger partial charge in [0.1, 0.15) is 18.0 Å². The maximum Gasteiger partial charge on any atom is 0.131 e. The van der Waals surface area contributed by atoms with Gasteiger partial charge in [0.15, 0.2) is 0 Å². The summed E-state index contributed by atoms with van der Waals surface area (Å²) in [6.07, 6.45) is -0.753. The van der Waals surface area contributed by atoms with Gasteiger partial charge in [-0.1, -0.05) is 42.5 Å². The van der Waals surface area contributed by atoms with Crippen molar-refractivity contribution in [3.05, 3.63) is 59.9 Å². The van der Waals surface area contributed by atoms with E-state index in [1.807, 2.05) is 35.2 Å². The smallest absolute Gasteiger partial charge is 0.131 e. The van der Waals surface area contributed by atoms with Gasteiger partial charge in [-0.3, -0.25) is 4.90 Å². The summed E-state index contributed by atoms with van der Waals surface area (Å²) in [5, 5.41) is 39.1. The molecular weight excluding hydrogens is 401 g/mol. The Balaban J connectivity index is 1.33. The van der Waals surface area contributed by atoms with Gasteiger partial charge in [0.2, 0.25) is 0 Å². The van der Waals surface area contributed by atoms with Gasteiger partial charge in [-0.05, 0) is 43.0 Å². The van der Waals surface area contributed by atoms with Crippen LogP contribution < -0.4 is 0 Å². The molecule has 170 valence electrons. The van der Waals surface area contributed by atoms with Gasteiger partial charge < -0.3 is 25.2 Å². The molecule has 0 saturated carbocycles. The number of piperidine rings is 1. The summed E-state index contributed by atoms with van der Waals surface area (Å²) in [4.78, 5) is 1.83. The van der Waals surface area contributed by atoms with E-state index in [9.17, 15) is 24.8 Å². The van der Waals surface area contributed by atoms with Gasteiger partial charge in [0.25, 0.3) is 0 Å². The van der Waals surface area contributed by atoms with E-state index in [-0.39, 0.29) is 19.0 Å². The molecule has 0 amide bonds. The molecule has 0 aromatic heterocycles. The molecule has 6 nitrogen and oxygen atoms in total. The van der Waals surface area contributed by atoms with Crippen LogP contribution in [0, 0.1) is 5.82 Å². The molecule has 1 fully saturated rings. The summed E-state index contributed by atoms with van der Waals surface area (Å²) < 4.78 is 19.6. The topological polar surface area (TPSA) is 93.4 Å². The lowest BCUT2D eigenvalue weighted by Gasteiger charge is -2.43. The molecule has 0 spiro atoms. The van der Waals surface area contributed by atoms with Gasteiger partial charge >= 0.3 is 0 Å². The van der Waals surface area contributed by atoms with Crippen LogP contribution in [0.5, 0.6) is 0 Å². The summed E-state index contributed by atoms with van der Waals surface area (Å²) in [7, 11) is 0. The summed E-state index contributed by atoms with van der Waals surface area (Å²) in [5.74, 6) is -0.235. The molecule has 0 bridgehead atoms. The number of rotatable bonds is 10. The highest BCUT2D eigenvalue weighted by Crippen LogP contribution is 2.23. The Morgan fingerprint density at radius 3 is 2.39 bits per heavy atom. The number of aliphatic hydroxyl groups is 4. The van der Waals surface area contributed by atoms with Crippen molar-refractivity contribution in [1.29, 1.82) is 0 Å². The average molecular weight is 434 g/mol. The van der Waals surface area contributed by atoms with Gasteiger partial charge in [0.05, 0.1) is 25.4 Å². The van der Waals surface area contributed by atoms with E-state index in [4.69, 9.17) is 4.74 Å². The first-order valence-electron chi connectivity index (χ1n) is 10.8. The highest BCUT2D eigenvalue weighted by atomic mass is 19.1. The second-order valence-corrected chi connectivity index (χ2v) is 8.08. The Kier molecular flexibility index (Phi) is 8.95. The summed E-state index contributed by atoms with van der Waals surface area (Å²) in [5.41, 5.74) is 2.45. The van der Waals surface area contributed by atoms with Crippen molar-refractivity contribution >= 4 is 0 Å². The standard InChI is InChI=1S/C24H32FNO5/c25-20-7-3-2-6-19(20)18-10-8-17(9-11-18)16-31-13-5-1-4-12-26-14-22(28)24(30)23(29)21(26)15-27/h2-3,6-11,21-24,27-30H,1,4-5,12-16H2/t21-,22-,23+,24+/m0/s1. The van der Waals surface area contributed by atoms with Gasteiger partial charge in [-0.15, -0.1) is 0 Å². The maximum atomic E-state index is 13.9. The Hall–Kier alpha value is -1.87. The summed E-state index contributed by atoms with van der Waals surface area (Å²) in [6, 6.07) is 13.8. The summed E-state index contributed by atoms with van der Waals surface area (Å²) in [6.45, 7) is 1.71. The van der Waals surface area contributed by atoms with Gasteiger partial charge in [-0.25, -0.2) is 4.39 Å². The molecule has 1 aliphatic heterocycles. The minimum atomic E-state index is -1.22. The van der Waals surface area contributed by atoms with Crippen molar-refractivity contribution in [2.45, 2.75) is 50.2 Å². The molecule has 1 heterocycles. The number of hydrogen-bond donors (Lipinski definition) is 4. The second kappa shape index (κ2) is 11.7. The summed E-state index contributed by atoms with van der Waals surface area (Å²) >= 11 is 0. The fraction of sp³-hybridized carbons (Fsp3) is 0.500. The van der Waals surface area contributed by atoms with Crippen molar-refractivity contribution in [1.82, 2.24) is 4.90 Å². The van der Waals surface area contributed by atoms with E-state index in [2.05, 4.69) is 0 Å². The Labute approximate surface area is 182 Å². The Morgan fingerprint density at radius 1 is 0.935 bits per heavy atom. The van der Waals surface area contributed by atoms with E-state index in [0.29, 0.717) is 25.3 Å². The highest BCUT2D eigenvalue weighted by Gasteiger charge is 2.40. The number of β-amino-alcohol motifs (C(OH)–C–C–N with tert-alkyl or cyclic N) is 1. The zero-order valence-electron chi connectivity index (χ0n) is 17.6. The van der Waals surface area contributed by atoms with Crippen molar-refractivity contribution in [2.24, 2.45) is 0 Å². The van der Waals surface area contributed by atoms with Crippen LogP contribution in [0.3, 0.4) is 0 Å². The van der Waals surface area contributed by atoms with Crippen molar-refractivity contribution in [3.8, 4) is 11.1 Å². The fourth-order valence-electron chi connectivity index (χ4n) is 4.00. The minimum Gasteiger partial charge on any atom is -0.395 e. The number of halogens is 1. The number of benzene rings is 2. The molecule has 4 atom stereocenters. The number of ether oxygens (including phenoxy) is 1. The van der Waals surface area contributed by atoms with Crippen LogP contribution in [0.4, 0.5) is 4.39 Å². The molecule has 0 radical (unpaired) electrons. The third-order valence-corrected chi connectivity index (χ3v) is 5.86. The number of nitrogens with zero attached hydrogens (tertiary/aromatic N) is 1. The van der Waals surface area contributed by atoms with Crippen molar-refractivity contribution < 1.29 is 29.6 Å². The quantitative estimate of drug-likeness (QED) is 0.428. The molecular formula is C24H32FNO5. The van der Waals surface area contributed by atoms with E-state index < -0.39 is 24.4 Å². The van der Waals surface area contributed by atoms with Gasteiger partial charge in [0, 0.05) is 18.7 Å². The van der Waals surface area contributed by atoms with Gasteiger partial charge in [-0.2, -0.15) is 0 Å². The lowest BCUT2D eigenvalue weighted by molar-refractivity contribution is -0.145. The first-order chi connectivity index (χ1) is 15.0. The highest BCUT2D eigenvalue weighted by molar-refractivity contribution is 5.64. The van der Waals surface area contributed by atoms with Crippen LogP contribution >= 0.6 is 0 Å². The number of likely N-dealkylation sites (tertiary alicyclic amines) is 1. The lowest BCUT2D eigenvalue weighted by Crippen LogP contribution is -2.62. The Bertz CT molecular complexity index is 803. The molecule has 31 heavy (non-hydrogen) atoms. The number of aliphatic hydroxyl groups excluding tert-OH is 4. The fourth-order valence-corrected chi connectivity index (χ4v) is 4.00. The predicted octanol–water partition coefficient (Wildman–Crippen LogP) is 1.94. The van der Waals surface area contributed by atoms with E-state index in [0.717, 1.165) is 30.4 Å². The maximum absolute atomic E-state index is 13.9. The zero-order valence-corrected chi connectivity index (χ0v) is 17.6. The normalized spacial score (nSPS) is 24.4. The van der Waals surface area contributed by atoms with Crippen LogP contribution in [-0.4, -0.2) is 76.0 Å². The molecule has 7 heteroatoms. The second-order valence-electron chi connectivity index (χ2n) is 8.08.